The van der Waals surface area contributed by atoms with Gasteiger partial charge in [0.15, 0.2) is 0 Å². The summed E-state index contributed by atoms with van der Waals surface area (Å²) in [6.07, 6.45) is 3.39. The number of hydrogen-bond acceptors (Lipinski definition) is 4. The highest BCUT2D eigenvalue weighted by atomic mass is 79.9. The van der Waals surface area contributed by atoms with Crippen molar-refractivity contribution in [3.63, 3.8) is 0 Å². The molecule has 8 heteroatoms. The molecular formula is C23H15BrN2O5. The number of halogens is 1. The van der Waals surface area contributed by atoms with Crippen LogP contribution in [0.4, 0.5) is 0 Å². The third kappa shape index (κ3) is 2.98. The second kappa shape index (κ2) is 6.95. The molecule has 0 saturated carbocycles. The monoisotopic (exact) mass is 478 g/mol. The van der Waals surface area contributed by atoms with E-state index in [9.17, 15) is 19.5 Å². The molecule has 2 aromatic heterocycles. The van der Waals surface area contributed by atoms with E-state index in [1.54, 1.807) is 35.2 Å². The lowest BCUT2D eigenvalue weighted by atomic mass is 9.95. The number of aromatic nitrogens is 2. The van der Waals surface area contributed by atoms with Crippen LogP contribution in [0.3, 0.4) is 0 Å². The number of carboxylic acid groups (broad SMARTS) is 1. The van der Waals surface area contributed by atoms with Gasteiger partial charge in [-0.15, -0.1) is 0 Å². The lowest BCUT2D eigenvalue weighted by molar-refractivity contribution is -0.149. The SMILES string of the molecule is Cn1cc(C2=C(c3cn(CC(=O)O)c4ccc(Br)cc34)C(=O)OC2=O)c2ccccc21. The van der Waals surface area contributed by atoms with Crippen LogP contribution in [0.25, 0.3) is 33.0 Å². The Kier molecular flexibility index (Phi) is 4.33. The van der Waals surface area contributed by atoms with Crippen LogP contribution in [0.15, 0.2) is 59.3 Å². The Labute approximate surface area is 184 Å². The van der Waals surface area contributed by atoms with Gasteiger partial charge in [-0.3, -0.25) is 4.79 Å². The molecule has 7 nitrogen and oxygen atoms in total. The first-order valence-corrected chi connectivity index (χ1v) is 10.2. The molecule has 0 saturated heterocycles. The Morgan fingerprint density at radius 1 is 0.968 bits per heavy atom. The number of benzene rings is 2. The summed E-state index contributed by atoms with van der Waals surface area (Å²) < 4.78 is 9.22. The lowest BCUT2D eigenvalue weighted by Crippen LogP contribution is -2.07. The van der Waals surface area contributed by atoms with E-state index in [1.165, 1.54) is 0 Å². The number of aliphatic carboxylic acids is 1. The minimum atomic E-state index is -1.01. The van der Waals surface area contributed by atoms with Gasteiger partial charge < -0.3 is 19.0 Å². The van der Waals surface area contributed by atoms with Crippen molar-refractivity contribution in [2.45, 2.75) is 6.54 Å². The molecule has 154 valence electrons. The van der Waals surface area contributed by atoms with E-state index in [-0.39, 0.29) is 17.7 Å². The van der Waals surface area contributed by atoms with Crippen molar-refractivity contribution in [2.24, 2.45) is 7.05 Å². The van der Waals surface area contributed by atoms with Gasteiger partial charge in [-0.2, -0.15) is 0 Å². The molecule has 5 rings (SSSR count). The van der Waals surface area contributed by atoms with Crippen LogP contribution < -0.4 is 0 Å². The molecule has 3 heterocycles. The highest BCUT2D eigenvalue weighted by Gasteiger charge is 2.37. The van der Waals surface area contributed by atoms with Crippen molar-refractivity contribution in [3.8, 4) is 0 Å². The van der Waals surface area contributed by atoms with Gasteiger partial charge in [0.2, 0.25) is 0 Å². The molecule has 0 amide bonds. The topological polar surface area (TPSA) is 90.5 Å². The van der Waals surface area contributed by atoms with Crippen molar-refractivity contribution < 1.29 is 24.2 Å². The molecule has 0 bridgehead atoms. The minimum absolute atomic E-state index is 0.133. The molecule has 1 aliphatic heterocycles. The first-order valence-electron chi connectivity index (χ1n) is 9.41. The fraction of sp³-hybridized carbons (Fsp3) is 0.0870. The van der Waals surface area contributed by atoms with Crippen molar-refractivity contribution in [2.75, 3.05) is 0 Å². The number of carbonyl (C=O) groups excluding carboxylic acids is 2. The highest BCUT2D eigenvalue weighted by Crippen LogP contribution is 2.41. The molecule has 0 radical (unpaired) electrons. The Balaban J connectivity index is 1.85. The average Bonchev–Trinajstić information content (AvgIpc) is 3.32. The number of carboxylic acids is 1. The second-order valence-corrected chi connectivity index (χ2v) is 8.24. The fourth-order valence-electron chi connectivity index (χ4n) is 4.17. The van der Waals surface area contributed by atoms with E-state index in [0.717, 1.165) is 15.4 Å². The molecule has 0 spiro atoms. The van der Waals surface area contributed by atoms with Gasteiger partial charge in [-0.25, -0.2) is 9.59 Å². The fourth-order valence-corrected chi connectivity index (χ4v) is 4.53. The van der Waals surface area contributed by atoms with Gasteiger partial charge in [0.25, 0.3) is 0 Å². The quantitative estimate of drug-likeness (QED) is 0.354. The maximum Gasteiger partial charge on any atom is 0.347 e. The van der Waals surface area contributed by atoms with Gasteiger partial charge in [0.05, 0.1) is 11.1 Å². The molecule has 0 fully saturated rings. The van der Waals surface area contributed by atoms with E-state index in [4.69, 9.17) is 4.74 Å². The van der Waals surface area contributed by atoms with Crippen LogP contribution in [0, 0.1) is 0 Å². The molecule has 1 aliphatic rings. The van der Waals surface area contributed by atoms with Crippen LogP contribution >= 0.6 is 15.9 Å². The molecule has 1 N–H and O–H groups in total. The zero-order chi connectivity index (χ0) is 21.9. The lowest BCUT2D eigenvalue weighted by Gasteiger charge is -2.02. The summed E-state index contributed by atoms with van der Waals surface area (Å²) in [5.41, 5.74) is 2.91. The van der Waals surface area contributed by atoms with E-state index < -0.39 is 17.9 Å². The summed E-state index contributed by atoms with van der Waals surface area (Å²) in [5.74, 6) is -2.48. The Hall–Kier alpha value is -3.65. The Morgan fingerprint density at radius 2 is 1.65 bits per heavy atom. The predicted octanol–water partition coefficient (Wildman–Crippen LogP) is 3.97. The van der Waals surface area contributed by atoms with Crippen molar-refractivity contribution in [3.05, 3.63) is 70.5 Å². The molecule has 0 atom stereocenters. The smallest absolute Gasteiger partial charge is 0.347 e. The standard InChI is InChI=1S/C23H15BrN2O5/c1-25-9-15(13-4-2-3-5-17(13)25)20-21(23(30)31-22(20)29)16-10-26(11-19(27)28)18-7-6-12(24)8-14(16)18/h2-10H,11H2,1H3,(H,27,28). The van der Waals surface area contributed by atoms with Gasteiger partial charge >= 0.3 is 17.9 Å². The molecule has 0 aliphatic carbocycles. The number of nitrogens with zero attached hydrogens (tertiary/aromatic N) is 2. The number of ether oxygens (including phenoxy) is 1. The molecule has 31 heavy (non-hydrogen) atoms. The first-order chi connectivity index (χ1) is 14.8. The zero-order valence-electron chi connectivity index (χ0n) is 16.3. The average molecular weight is 479 g/mol. The number of esters is 2. The normalized spacial score (nSPS) is 14.1. The summed E-state index contributed by atoms with van der Waals surface area (Å²) in [6.45, 7) is -0.280. The van der Waals surface area contributed by atoms with Gasteiger partial charge in [-0.05, 0) is 24.3 Å². The third-order valence-corrected chi connectivity index (χ3v) is 5.92. The maximum absolute atomic E-state index is 12.8. The van der Waals surface area contributed by atoms with Crippen LogP contribution in [0.2, 0.25) is 0 Å². The second-order valence-electron chi connectivity index (χ2n) is 7.32. The molecule has 4 aromatic rings. The number of fused-ring (bicyclic) bond motifs is 2. The van der Waals surface area contributed by atoms with Gasteiger partial charge in [-0.1, -0.05) is 34.1 Å². The molecule has 2 aromatic carbocycles. The zero-order valence-corrected chi connectivity index (χ0v) is 17.8. The molecule has 0 unspecified atom stereocenters. The number of aryl methyl sites for hydroxylation is 1. The Morgan fingerprint density at radius 3 is 2.35 bits per heavy atom. The number of carbonyl (C=O) groups is 3. The minimum Gasteiger partial charge on any atom is -0.480 e. The van der Waals surface area contributed by atoms with Crippen molar-refractivity contribution >= 4 is 66.8 Å². The predicted molar refractivity (Wildman–Crippen MR) is 118 cm³/mol. The number of para-hydroxylation sites is 1. The maximum atomic E-state index is 12.8. The van der Waals surface area contributed by atoms with E-state index in [2.05, 4.69) is 15.9 Å². The number of cyclic esters (lactones) is 2. The van der Waals surface area contributed by atoms with Crippen molar-refractivity contribution in [1.82, 2.24) is 9.13 Å². The van der Waals surface area contributed by atoms with Gasteiger partial charge in [0.1, 0.15) is 6.54 Å². The van der Waals surface area contributed by atoms with Crippen LogP contribution in [0.1, 0.15) is 11.1 Å². The van der Waals surface area contributed by atoms with Gasteiger partial charge in [0, 0.05) is 56.8 Å². The summed E-state index contributed by atoms with van der Waals surface area (Å²) in [4.78, 5) is 37.0. The molecular weight excluding hydrogens is 464 g/mol. The number of rotatable bonds is 4. The van der Waals surface area contributed by atoms with Crippen LogP contribution in [-0.4, -0.2) is 32.1 Å². The summed E-state index contributed by atoms with van der Waals surface area (Å²) in [7, 11) is 1.87. The Bertz CT molecular complexity index is 1470. The van der Waals surface area contributed by atoms with E-state index in [1.807, 2.05) is 35.9 Å². The van der Waals surface area contributed by atoms with Crippen LogP contribution in [-0.2, 0) is 32.7 Å². The van der Waals surface area contributed by atoms with E-state index in [0.29, 0.717) is 22.0 Å². The third-order valence-electron chi connectivity index (χ3n) is 5.43. The largest absolute Gasteiger partial charge is 0.480 e. The van der Waals surface area contributed by atoms with E-state index >= 15 is 0 Å². The van der Waals surface area contributed by atoms with Crippen molar-refractivity contribution in [1.29, 1.82) is 0 Å². The highest BCUT2D eigenvalue weighted by molar-refractivity contribution is 9.10. The summed E-state index contributed by atoms with van der Waals surface area (Å²) in [6, 6.07) is 12.9. The van der Waals surface area contributed by atoms with Crippen LogP contribution in [0.5, 0.6) is 0 Å². The first kappa shape index (κ1) is 19.3. The summed E-state index contributed by atoms with van der Waals surface area (Å²) in [5, 5.41) is 10.8. The summed E-state index contributed by atoms with van der Waals surface area (Å²) >= 11 is 3.43. The number of hydrogen-bond donors (Lipinski definition) is 1.